The van der Waals surface area contributed by atoms with Crippen LogP contribution >= 0.6 is 0 Å². The number of nitrogens with one attached hydrogen (secondary N) is 2. The predicted octanol–water partition coefficient (Wildman–Crippen LogP) is 3.26. The van der Waals surface area contributed by atoms with Gasteiger partial charge in [-0.2, -0.15) is 5.26 Å². The van der Waals surface area contributed by atoms with Crippen molar-refractivity contribution in [2.45, 2.75) is 6.92 Å². The molecule has 0 aliphatic heterocycles. The molecule has 0 unspecified atom stereocenters. The lowest BCUT2D eigenvalue weighted by Gasteiger charge is -2.09. The first-order chi connectivity index (χ1) is 9.17. The van der Waals surface area contributed by atoms with Crippen LogP contribution in [0.2, 0.25) is 0 Å². The topological polar surface area (TPSA) is 64.9 Å². The normalized spacial score (nSPS) is 9.47. The van der Waals surface area contributed by atoms with Crippen molar-refractivity contribution in [2.75, 3.05) is 10.6 Å². The number of anilines is 3. The minimum atomic E-state index is -0.108. The molecule has 0 heterocycles. The molecule has 2 N–H and O–H groups in total. The maximum atomic E-state index is 11.0. The van der Waals surface area contributed by atoms with Gasteiger partial charge in [0.1, 0.15) is 0 Å². The number of rotatable bonds is 3. The van der Waals surface area contributed by atoms with Gasteiger partial charge in [0.2, 0.25) is 5.91 Å². The van der Waals surface area contributed by atoms with E-state index in [9.17, 15) is 4.79 Å². The minimum Gasteiger partial charge on any atom is -0.355 e. The van der Waals surface area contributed by atoms with Crippen molar-refractivity contribution in [3.05, 3.63) is 54.1 Å². The van der Waals surface area contributed by atoms with E-state index in [0.717, 1.165) is 17.1 Å². The average molecular weight is 251 g/mol. The molecule has 0 aliphatic rings. The van der Waals surface area contributed by atoms with Gasteiger partial charge in [0.05, 0.1) is 11.6 Å². The van der Waals surface area contributed by atoms with Crippen LogP contribution in [0.1, 0.15) is 12.5 Å². The van der Waals surface area contributed by atoms with Crippen molar-refractivity contribution in [2.24, 2.45) is 0 Å². The molecule has 2 aromatic carbocycles. The third-order valence-electron chi connectivity index (χ3n) is 2.46. The van der Waals surface area contributed by atoms with Crippen LogP contribution in [0.25, 0.3) is 0 Å². The summed E-state index contributed by atoms with van der Waals surface area (Å²) in [5, 5.41) is 14.8. The molecule has 94 valence electrons. The zero-order chi connectivity index (χ0) is 13.7. The van der Waals surface area contributed by atoms with E-state index >= 15 is 0 Å². The van der Waals surface area contributed by atoms with Crippen LogP contribution in [-0.4, -0.2) is 5.91 Å². The van der Waals surface area contributed by atoms with Gasteiger partial charge in [-0.25, -0.2) is 0 Å². The Balaban J connectivity index is 2.18. The highest BCUT2D eigenvalue weighted by molar-refractivity contribution is 5.89. The summed E-state index contributed by atoms with van der Waals surface area (Å²) in [6.07, 6.45) is 0. The van der Waals surface area contributed by atoms with Crippen LogP contribution in [0, 0.1) is 11.3 Å². The fourth-order valence-electron chi connectivity index (χ4n) is 1.71. The standard InChI is InChI=1S/C15H13N3O/c1-11(19)17-14-6-3-7-15(9-14)18-13-5-2-4-12(8-13)10-16/h2-9,18H,1H3,(H,17,19). The lowest BCUT2D eigenvalue weighted by Crippen LogP contribution is -2.05. The van der Waals surface area contributed by atoms with Crippen molar-refractivity contribution in [1.82, 2.24) is 0 Å². The average Bonchev–Trinajstić information content (AvgIpc) is 2.38. The summed E-state index contributed by atoms with van der Waals surface area (Å²) in [6, 6.07) is 16.7. The van der Waals surface area contributed by atoms with Crippen LogP contribution in [-0.2, 0) is 4.79 Å². The Hall–Kier alpha value is -2.80. The summed E-state index contributed by atoms with van der Waals surface area (Å²) in [5.74, 6) is -0.108. The van der Waals surface area contributed by atoms with Gasteiger partial charge in [0.25, 0.3) is 0 Å². The Morgan fingerprint density at radius 3 is 2.37 bits per heavy atom. The van der Waals surface area contributed by atoms with E-state index in [1.807, 2.05) is 36.4 Å². The molecule has 2 rings (SSSR count). The summed E-state index contributed by atoms with van der Waals surface area (Å²) >= 11 is 0. The Kier molecular flexibility index (Phi) is 3.79. The first kappa shape index (κ1) is 12.7. The highest BCUT2D eigenvalue weighted by atomic mass is 16.1. The van der Waals surface area contributed by atoms with Crippen LogP contribution in [0.5, 0.6) is 0 Å². The third kappa shape index (κ3) is 3.58. The summed E-state index contributed by atoms with van der Waals surface area (Å²) < 4.78 is 0. The molecule has 1 amide bonds. The van der Waals surface area contributed by atoms with Gasteiger partial charge in [0.15, 0.2) is 0 Å². The quantitative estimate of drug-likeness (QED) is 0.880. The predicted molar refractivity (Wildman–Crippen MR) is 75.2 cm³/mol. The highest BCUT2D eigenvalue weighted by Gasteiger charge is 1.99. The molecule has 0 bridgehead atoms. The molecule has 0 saturated carbocycles. The van der Waals surface area contributed by atoms with E-state index in [2.05, 4.69) is 16.7 Å². The zero-order valence-corrected chi connectivity index (χ0v) is 10.5. The van der Waals surface area contributed by atoms with Crippen molar-refractivity contribution in [3.63, 3.8) is 0 Å². The van der Waals surface area contributed by atoms with Crippen LogP contribution in [0.4, 0.5) is 17.1 Å². The number of hydrogen-bond acceptors (Lipinski definition) is 3. The molecule has 0 fully saturated rings. The van der Waals surface area contributed by atoms with Crippen molar-refractivity contribution in [1.29, 1.82) is 5.26 Å². The molecule has 0 aliphatic carbocycles. The molecule has 0 saturated heterocycles. The molecule has 0 spiro atoms. The highest BCUT2D eigenvalue weighted by Crippen LogP contribution is 2.20. The van der Waals surface area contributed by atoms with Gasteiger partial charge in [-0.15, -0.1) is 0 Å². The molecule has 0 atom stereocenters. The second-order valence-electron chi connectivity index (χ2n) is 4.08. The molecule has 0 radical (unpaired) electrons. The summed E-state index contributed by atoms with van der Waals surface area (Å²) in [4.78, 5) is 11.0. The Morgan fingerprint density at radius 1 is 1.05 bits per heavy atom. The number of carbonyl (C=O) groups is 1. The summed E-state index contributed by atoms with van der Waals surface area (Å²) in [5.41, 5.74) is 3.01. The van der Waals surface area contributed by atoms with Gasteiger partial charge >= 0.3 is 0 Å². The SMILES string of the molecule is CC(=O)Nc1cccc(Nc2cccc(C#N)c2)c1. The molecule has 19 heavy (non-hydrogen) atoms. The lowest BCUT2D eigenvalue weighted by atomic mass is 10.2. The smallest absolute Gasteiger partial charge is 0.221 e. The first-order valence-corrected chi connectivity index (χ1v) is 5.82. The maximum Gasteiger partial charge on any atom is 0.221 e. The molecule has 2 aromatic rings. The van der Waals surface area contributed by atoms with Crippen molar-refractivity contribution >= 4 is 23.0 Å². The number of nitriles is 1. The fraction of sp³-hybridized carbons (Fsp3) is 0.0667. The maximum absolute atomic E-state index is 11.0. The minimum absolute atomic E-state index is 0.108. The third-order valence-corrected chi connectivity index (χ3v) is 2.46. The number of amides is 1. The number of benzene rings is 2. The van der Waals surface area contributed by atoms with E-state index in [-0.39, 0.29) is 5.91 Å². The van der Waals surface area contributed by atoms with Crippen LogP contribution < -0.4 is 10.6 Å². The number of nitrogens with zero attached hydrogens (tertiary/aromatic N) is 1. The molecule has 0 aromatic heterocycles. The summed E-state index contributed by atoms with van der Waals surface area (Å²) in [7, 11) is 0. The summed E-state index contributed by atoms with van der Waals surface area (Å²) in [6.45, 7) is 1.47. The molecular formula is C15H13N3O. The fourth-order valence-corrected chi connectivity index (χ4v) is 1.71. The Morgan fingerprint density at radius 2 is 1.68 bits per heavy atom. The van der Waals surface area contributed by atoms with E-state index in [0.29, 0.717) is 5.56 Å². The number of hydrogen-bond donors (Lipinski definition) is 2. The Bertz CT molecular complexity index is 644. The zero-order valence-electron chi connectivity index (χ0n) is 10.5. The van der Waals surface area contributed by atoms with Gasteiger partial charge in [-0.1, -0.05) is 12.1 Å². The van der Waals surface area contributed by atoms with Gasteiger partial charge in [-0.3, -0.25) is 4.79 Å². The number of carbonyl (C=O) groups excluding carboxylic acids is 1. The van der Waals surface area contributed by atoms with Crippen molar-refractivity contribution in [3.8, 4) is 6.07 Å². The molecular weight excluding hydrogens is 238 g/mol. The van der Waals surface area contributed by atoms with E-state index in [1.165, 1.54) is 6.92 Å². The van der Waals surface area contributed by atoms with Gasteiger partial charge in [0, 0.05) is 24.0 Å². The van der Waals surface area contributed by atoms with Crippen molar-refractivity contribution < 1.29 is 4.79 Å². The monoisotopic (exact) mass is 251 g/mol. The largest absolute Gasteiger partial charge is 0.355 e. The molecule has 4 nitrogen and oxygen atoms in total. The van der Waals surface area contributed by atoms with E-state index in [1.54, 1.807) is 12.1 Å². The molecule has 4 heteroatoms. The van der Waals surface area contributed by atoms with E-state index < -0.39 is 0 Å². The van der Waals surface area contributed by atoms with E-state index in [4.69, 9.17) is 5.26 Å². The van der Waals surface area contributed by atoms with Gasteiger partial charge in [-0.05, 0) is 36.4 Å². The second kappa shape index (κ2) is 5.69. The first-order valence-electron chi connectivity index (χ1n) is 5.82. The van der Waals surface area contributed by atoms with Gasteiger partial charge < -0.3 is 10.6 Å². The second-order valence-corrected chi connectivity index (χ2v) is 4.08. The van der Waals surface area contributed by atoms with Crippen LogP contribution in [0.3, 0.4) is 0 Å². The Labute approximate surface area is 111 Å². The lowest BCUT2D eigenvalue weighted by molar-refractivity contribution is -0.114. The van der Waals surface area contributed by atoms with Crippen LogP contribution in [0.15, 0.2) is 48.5 Å².